The van der Waals surface area contributed by atoms with E-state index in [1.165, 1.54) is 0 Å². The van der Waals surface area contributed by atoms with Crippen LogP contribution in [0.3, 0.4) is 0 Å². The Morgan fingerprint density at radius 3 is 2.39 bits per heavy atom. The monoisotopic (exact) mass is 261 g/mol. The number of carbonyl (C=O) groups excluding carboxylic acids is 1. The molecule has 0 aromatic carbocycles. The Labute approximate surface area is 110 Å². The predicted molar refractivity (Wildman–Crippen MR) is 70.5 cm³/mol. The summed E-state index contributed by atoms with van der Waals surface area (Å²) in [4.78, 5) is 11.3. The van der Waals surface area contributed by atoms with Crippen LogP contribution in [-0.4, -0.2) is 37.7 Å². The molecule has 1 amide bonds. The van der Waals surface area contributed by atoms with Crippen molar-refractivity contribution in [2.45, 2.75) is 65.9 Å². The Morgan fingerprint density at radius 1 is 1.17 bits per heavy atom. The maximum Gasteiger partial charge on any atom is 0.407 e. The number of nitrogens with one attached hydrogen (secondary N) is 1. The van der Waals surface area contributed by atoms with E-state index in [4.69, 9.17) is 14.2 Å². The van der Waals surface area contributed by atoms with E-state index in [2.05, 4.69) is 12.2 Å². The van der Waals surface area contributed by atoms with E-state index < -0.39 is 6.09 Å². The van der Waals surface area contributed by atoms with Crippen LogP contribution in [0.1, 0.15) is 47.5 Å². The van der Waals surface area contributed by atoms with Crippen LogP contribution in [0.15, 0.2) is 0 Å². The molecule has 0 aromatic heterocycles. The quantitative estimate of drug-likeness (QED) is 0.512. The molecule has 0 aliphatic rings. The number of carbonyl (C=O) groups is 1. The zero-order chi connectivity index (χ0) is 14.0. The van der Waals surface area contributed by atoms with Gasteiger partial charge in [0.2, 0.25) is 0 Å². The molecular formula is C13H27NO4. The van der Waals surface area contributed by atoms with Gasteiger partial charge in [-0.2, -0.15) is 0 Å². The summed E-state index contributed by atoms with van der Waals surface area (Å²) >= 11 is 0. The lowest BCUT2D eigenvalue weighted by Crippen LogP contribution is -2.34. The molecule has 0 saturated heterocycles. The molecule has 5 nitrogen and oxygen atoms in total. The Morgan fingerprint density at radius 2 is 1.83 bits per heavy atom. The van der Waals surface area contributed by atoms with Crippen LogP contribution in [0.5, 0.6) is 0 Å². The highest BCUT2D eigenvalue weighted by molar-refractivity contribution is 5.67. The molecule has 0 aliphatic heterocycles. The zero-order valence-electron chi connectivity index (χ0n) is 12.2. The molecule has 0 aromatic rings. The first kappa shape index (κ1) is 17.2. The van der Waals surface area contributed by atoms with Crippen molar-refractivity contribution in [1.29, 1.82) is 0 Å². The van der Waals surface area contributed by atoms with Crippen LogP contribution in [0.4, 0.5) is 4.79 Å². The molecule has 0 fully saturated rings. The van der Waals surface area contributed by atoms with Crippen LogP contribution in [0.25, 0.3) is 0 Å². The van der Waals surface area contributed by atoms with Crippen LogP contribution in [0, 0.1) is 0 Å². The Kier molecular flexibility index (Phi) is 9.69. The van der Waals surface area contributed by atoms with E-state index in [0.29, 0.717) is 13.2 Å². The van der Waals surface area contributed by atoms with Crippen LogP contribution in [-0.2, 0) is 14.2 Å². The minimum absolute atomic E-state index is 0.0712. The Bertz CT molecular complexity index is 221. The summed E-state index contributed by atoms with van der Waals surface area (Å²) in [5.74, 6) is 0. The number of alkyl carbamates (subject to hydrolysis) is 1. The second kappa shape index (κ2) is 10.1. The topological polar surface area (TPSA) is 56.8 Å². The van der Waals surface area contributed by atoms with Gasteiger partial charge in [-0.25, -0.2) is 4.79 Å². The molecule has 108 valence electrons. The molecule has 0 spiro atoms. The number of hydrogen-bond donors (Lipinski definition) is 1. The van der Waals surface area contributed by atoms with Crippen molar-refractivity contribution < 1.29 is 19.0 Å². The molecule has 5 heteroatoms. The van der Waals surface area contributed by atoms with Gasteiger partial charge < -0.3 is 19.5 Å². The smallest absolute Gasteiger partial charge is 0.407 e. The van der Waals surface area contributed by atoms with Crippen LogP contribution in [0.2, 0.25) is 0 Å². The van der Waals surface area contributed by atoms with Crippen LogP contribution < -0.4 is 5.32 Å². The van der Waals surface area contributed by atoms with Crippen molar-refractivity contribution in [2.24, 2.45) is 0 Å². The van der Waals surface area contributed by atoms with Gasteiger partial charge in [-0.15, -0.1) is 0 Å². The molecule has 0 aliphatic carbocycles. The van der Waals surface area contributed by atoms with Crippen molar-refractivity contribution in [1.82, 2.24) is 5.32 Å². The summed E-state index contributed by atoms with van der Waals surface area (Å²) in [6.45, 7) is 10.5. The van der Waals surface area contributed by atoms with Gasteiger partial charge in [0.25, 0.3) is 0 Å². The summed E-state index contributed by atoms with van der Waals surface area (Å²) in [5.41, 5.74) is 0. The van der Waals surface area contributed by atoms with E-state index in [9.17, 15) is 4.79 Å². The average Bonchev–Trinajstić information content (AvgIpc) is 2.25. The van der Waals surface area contributed by atoms with Crippen molar-refractivity contribution in [3.8, 4) is 0 Å². The average molecular weight is 261 g/mol. The van der Waals surface area contributed by atoms with Gasteiger partial charge in [0.15, 0.2) is 6.29 Å². The van der Waals surface area contributed by atoms with E-state index in [-0.39, 0.29) is 18.4 Å². The number of hydrogen-bond acceptors (Lipinski definition) is 4. The van der Waals surface area contributed by atoms with E-state index in [1.54, 1.807) is 6.92 Å². The summed E-state index contributed by atoms with van der Waals surface area (Å²) in [5, 5.41) is 2.66. The highest BCUT2D eigenvalue weighted by Gasteiger charge is 2.12. The fraction of sp³-hybridized carbons (Fsp3) is 0.923. The van der Waals surface area contributed by atoms with Crippen molar-refractivity contribution in [3.05, 3.63) is 0 Å². The maximum absolute atomic E-state index is 11.3. The lowest BCUT2D eigenvalue weighted by molar-refractivity contribution is -0.145. The number of rotatable bonds is 9. The van der Waals surface area contributed by atoms with E-state index in [0.717, 1.165) is 12.8 Å². The summed E-state index contributed by atoms with van der Waals surface area (Å²) in [6.07, 6.45) is 1.15. The fourth-order valence-corrected chi connectivity index (χ4v) is 1.20. The second-order valence-electron chi connectivity index (χ2n) is 4.64. The molecule has 0 bridgehead atoms. The zero-order valence-corrected chi connectivity index (χ0v) is 12.2. The molecule has 0 rings (SSSR count). The first-order valence-electron chi connectivity index (χ1n) is 6.66. The predicted octanol–water partition coefficient (Wildman–Crippen LogP) is 2.69. The normalized spacial score (nSPS) is 14.3. The number of amides is 1. The van der Waals surface area contributed by atoms with Crippen molar-refractivity contribution in [3.63, 3.8) is 0 Å². The summed E-state index contributed by atoms with van der Waals surface area (Å²) in [6, 6.07) is 0.0712. The fourth-order valence-electron chi connectivity index (χ4n) is 1.20. The third-order valence-electron chi connectivity index (χ3n) is 2.13. The Hall–Kier alpha value is -0.810. The first-order chi connectivity index (χ1) is 8.45. The molecule has 18 heavy (non-hydrogen) atoms. The van der Waals surface area contributed by atoms with E-state index in [1.807, 2.05) is 20.8 Å². The lowest BCUT2D eigenvalue weighted by Gasteiger charge is -2.18. The lowest BCUT2D eigenvalue weighted by atomic mass is 10.4. The third kappa shape index (κ3) is 10.4. The second-order valence-corrected chi connectivity index (χ2v) is 4.64. The molecule has 0 heterocycles. The van der Waals surface area contributed by atoms with Crippen LogP contribution >= 0.6 is 0 Å². The van der Waals surface area contributed by atoms with Gasteiger partial charge in [-0.1, -0.05) is 13.3 Å². The van der Waals surface area contributed by atoms with Gasteiger partial charge in [0.05, 0.1) is 6.61 Å². The largest absolute Gasteiger partial charge is 0.444 e. The molecule has 1 N–H and O–H groups in total. The molecule has 2 unspecified atom stereocenters. The van der Waals surface area contributed by atoms with Gasteiger partial charge in [0.1, 0.15) is 6.10 Å². The van der Waals surface area contributed by atoms with Crippen molar-refractivity contribution in [2.75, 3.05) is 13.2 Å². The van der Waals surface area contributed by atoms with Gasteiger partial charge in [0, 0.05) is 12.6 Å². The third-order valence-corrected chi connectivity index (χ3v) is 2.13. The number of ether oxygens (including phenoxy) is 3. The minimum Gasteiger partial charge on any atom is -0.444 e. The highest BCUT2D eigenvalue weighted by Crippen LogP contribution is 2.00. The van der Waals surface area contributed by atoms with E-state index >= 15 is 0 Å². The minimum atomic E-state index is -0.416. The summed E-state index contributed by atoms with van der Waals surface area (Å²) < 4.78 is 16.0. The van der Waals surface area contributed by atoms with Gasteiger partial charge in [-0.05, 0) is 34.1 Å². The van der Waals surface area contributed by atoms with Crippen molar-refractivity contribution >= 4 is 6.09 Å². The molecule has 0 radical (unpaired) electrons. The standard InChI is InChI=1S/C13H27NO4/c1-6-7-8-16-12(5)17-9-11(4)18-13(15)14-10(2)3/h10-12H,6-9H2,1-5H3,(H,14,15). The van der Waals surface area contributed by atoms with Gasteiger partial charge in [-0.3, -0.25) is 0 Å². The number of unbranched alkanes of at least 4 members (excludes halogenated alkanes) is 1. The Balaban J connectivity index is 3.62. The molecule has 0 saturated carbocycles. The highest BCUT2D eigenvalue weighted by atomic mass is 16.7. The summed E-state index contributed by atoms with van der Waals surface area (Å²) in [7, 11) is 0. The first-order valence-corrected chi connectivity index (χ1v) is 6.66. The molecule has 2 atom stereocenters. The maximum atomic E-state index is 11.3. The SMILES string of the molecule is CCCCOC(C)OCC(C)OC(=O)NC(C)C. The van der Waals surface area contributed by atoms with Gasteiger partial charge >= 0.3 is 6.09 Å². The molecular weight excluding hydrogens is 234 g/mol.